The Bertz CT molecular complexity index is 1640. The number of fused-ring (bicyclic) bond motifs is 2. The monoisotopic (exact) mass is 496 g/mol. The zero-order chi connectivity index (χ0) is 26.4. The Morgan fingerprint density at radius 2 is 1.89 bits per heavy atom. The van der Waals surface area contributed by atoms with Crippen molar-refractivity contribution >= 4 is 34.3 Å². The minimum absolute atomic E-state index is 0.0185. The SMILES string of the molecule is C=C(CN1Cc2c(-c3ccc4[nH]nc(-c5cc(OC)cc(C(N)=O)c5)c4c3)ccc(N)c2C1=O)C(N)=O. The summed E-state index contributed by atoms with van der Waals surface area (Å²) in [5.74, 6) is -1.04. The standard InChI is InChI=1S/C27H24N6O4/c1-13(25(29)34)11-33-12-20-18(4-5-21(28)23(20)27(33)36)14-3-6-22-19(10-14)24(32-31-22)15-7-16(26(30)35)9-17(8-15)37-2/h3-10H,1,11-12,28H2,2H3,(H2,29,34)(H2,30,35)(H,31,32). The number of nitrogens with zero attached hydrogens (tertiary/aromatic N) is 2. The quantitative estimate of drug-likeness (QED) is 0.226. The van der Waals surface area contributed by atoms with Gasteiger partial charge in [0.05, 0.1) is 24.7 Å². The number of anilines is 1. The molecule has 5 rings (SSSR count). The van der Waals surface area contributed by atoms with Crippen LogP contribution in [-0.4, -0.2) is 46.5 Å². The summed E-state index contributed by atoms with van der Waals surface area (Å²) in [5.41, 5.74) is 22.7. The Labute approximate surface area is 211 Å². The number of rotatable bonds is 7. The minimum Gasteiger partial charge on any atom is -0.497 e. The highest BCUT2D eigenvalue weighted by Gasteiger charge is 2.32. The fraction of sp³-hybridized carbons (Fsp3) is 0.111. The van der Waals surface area contributed by atoms with E-state index in [9.17, 15) is 14.4 Å². The van der Waals surface area contributed by atoms with Gasteiger partial charge in [-0.3, -0.25) is 19.5 Å². The van der Waals surface area contributed by atoms with Gasteiger partial charge in [-0.05, 0) is 53.1 Å². The maximum absolute atomic E-state index is 13.1. The van der Waals surface area contributed by atoms with Crippen LogP contribution in [0.3, 0.4) is 0 Å². The highest BCUT2D eigenvalue weighted by Crippen LogP contribution is 2.38. The van der Waals surface area contributed by atoms with Crippen molar-refractivity contribution in [3.63, 3.8) is 0 Å². The lowest BCUT2D eigenvalue weighted by atomic mass is 9.94. The third-order valence-electron chi connectivity index (χ3n) is 6.50. The molecule has 7 N–H and O–H groups in total. The fourth-order valence-corrected chi connectivity index (χ4v) is 4.61. The summed E-state index contributed by atoms with van der Waals surface area (Å²) in [6.07, 6.45) is 0. The van der Waals surface area contributed by atoms with Gasteiger partial charge in [0.15, 0.2) is 0 Å². The molecule has 10 nitrogen and oxygen atoms in total. The Morgan fingerprint density at radius 1 is 1.11 bits per heavy atom. The van der Waals surface area contributed by atoms with Crippen molar-refractivity contribution in [2.45, 2.75) is 6.54 Å². The van der Waals surface area contributed by atoms with Gasteiger partial charge >= 0.3 is 0 Å². The number of nitrogens with two attached hydrogens (primary N) is 3. The molecule has 3 amide bonds. The van der Waals surface area contributed by atoms with E-state index in [0.29, 0.717) is 33.8 Å². The second kappa shape index (κ2) is 8.83. The molecule has 0 fully saturated rings. The van der Waals surface area contributed by atoms with E-state index in [4.69, 9.17) is 21.9 Å². The number of nitrogen functional groups attached to an aromatic ring is 1. The number of nitrogens with one attached hydrogen (secondary N) is 1. The Hall–Kier alpha value is -5.12. The zero-order valence-electron chi connectivity index (χ0n) is 20.0. The number of primary amides is 2. The van der Waals surface area contributed by atoms with E-state index in [2.05, 4.69) is 16.8 Å². The van der Waals surface area contributed by atoms with Gasteiger partial charge in [0.2, 0.25) is 11.8 Å². The van der Waals surface area contributed by atoms with E-state index < -0.39 is 11.8 Å². The predicted molar refractivity (Wildman–Crippen MR) is 140 cm³/mol. The number of benzene rings is 3. The molecule has 0 aliphatic carbocycles. The number of methoxy groups -OCH3 is 1. The number of amides is 3. The van der Waals surface area contributed by atoms with Gasteiger partial charge < -0.3 is 26.8 Å². The summed E-state index contributed by atoms with van der Waals surface area (Å²) in [6.45, 7) is 3.94. The van der Waals surface area contributed by atoms with E-state index in [0.717, 1.165) is 27.6 Å². The van der Waals surface area contributed by atoms with Gasteiger partial charge in [-0.1, -0.05) is 18.7 Å². The Kier molecular flexibility index (Phi) is 5.63. The first-order valence-electron chi connectivity index (χ1n) is 11.3. The number of carbonyl (C=O) groups is 3. The largest absolute Gasteiger partial charge is 0.497 e. The second-order valence-electron chi connectivity index (χ2n) is 8.83. The second-order valence-corrected chi connectivity index (χ2v) is 8.83. The highest BCUT2D eigenvalue weighted by atomic mass is 16.5. The molecule has 1 aliphatic heterocycles. The van der Waals surface area contributed by atoms with E-state index in [1.54, 1.807) is 24.3 Å². The van der Waals surface area contributed by atoms with Gasteiger partial charge in [-0.2, -0.15) is 5.10 Å². The smallest absolute Gasteiger partial charge is 0.256 e. The normalized spacial score (nSPS) is 12.6. The van der Waals surface area contributed by atoms with E-state index in [1.807, 2.05) is 24.3 Å². The molecule has 0 unspecified atom stereocenters. The molecule has 0 atom stereocenters. The first kappa shape index (κ1) is 23.6. The van der Waals surface area contributed by atoms with Crippen LogP contribution in [0.15, 0.2) is 60.7 Å². The number of aromatic nitrogens is 2. The van der Waals surface area contributed by atoms with Crippen molar-refractivity contribution in [3.8, 4) is 28.1 Å². The van der Waals surface area contributed by atoms with Crippen molar-refractivity contribution in [2.75, 3.05) is 19.4 Å². The molecular weight excluding hydrogens is 472 g/mol. The molecule has 0 saturated heterocycles. The number of aromatic amines is 1. The molecule has 2 heterocycles. The van der Waals surface area contributed by atoms with Crippen molar-refractivity contribution in [3.05, 3.63) is 77.4 Å². The van der Waals surface area contributed by atoms with Crippen LogP contribution >= 0.6 is 0 Å². The molecular formula is C27H24N6O4. The summed E-state index contributed by atoms with van der Waals surface area (Å²) >= 11 is 0. The molecule has 10 heteroatoms. The summed E-state index contributed by atoms with van der Waals surface area (Å²) in [4.78, 5) is 37.9. The molecule has 186 valence electrons. The maximum atomic E-state index is 13.1. The van der Waals surface area contributed by atoms with Crippen LogP contribution in [-0.2, 0) is 11.3 Å². The van der Waals surface area contributed by atoms with Crippen LogP contribution < -0.4 is 21.9 Å². The summed E-state index contributed by atoms with van der Waals surface area (Å²) in [7, 11) is 1.51. The van der Waals surface area contributed by atoms with Crippen LogP contribution in [0.5, 0.6) is 5.75 Å². The predicted octanol–water partition coefficient (Wildman–Crippen LogP) is 2.58. The van der Waals surface area contributed by atoms with E-state index >= 15 is 0 Å². The fourth-order valence-electron chi connectivity index (χ4n) is 4.61. The van der Waals surface area contributed by atoms with Gasteiger partial charge in [0.1, 0.15) is 11.4 Å². The van der Waals surface area contributed by atoms with Crippen LogP contribution in [0.2, 0.25) is 0 Å². The summed E-state index contributed by atoms with van der Waals surface area (Å²) < 4.78 is 5.34. The number of H-pyrrole nitrogens is 1. The summed E-state index contributed by atoms with van der Waals surface area (Å²) in [5, 5.41) is 8.28. The average Bonchev–Trinajstić information content (AvgIpc) is 3.45. The molecule has 0 radical (unpaired) electrons. The molecule has 0 saturated carbocycles. The van der Waals surface area contributed by atoms with Gasteiger partial charge in [0.25, 0.3) is 5.91 Å². The van der Waals surface area contributed by atoms with Crippen molar-refractivity contribution < 1.29 is 19.1 Å². The molecule has 3 aromatic carbocycles. The number of hydrogen-bond acceptors (Lipinski definition) is 6. The number of hydrogen-bond donors (Lipinski definition) is 4. The number of ether oxygens (including phenoxy) is 1. The lowest BCUT2D eigenvalue weighted by molar-refractivity contribution is -0.114. The lowest BCUT2D eigenvalue weighted by Gasteiger charge is -2.15. The van der Waals surface area contributed by atoms with Crippen molar-refractivity contribution in [1.29, 1.82) is 0 Å². The maximum Gasteiger partial charge on any atom is 0.256 e. The lowest BCUT2D eigenvalue weighted by Crippen LogP contribution is -2.30. The molecule has 1 aromatic heterocycles. The topological polar surface area (TPSA) is 170 Å². The zero-order valence-corrected chi connectivity index (χ0v) is 20.0. The van der Waals surface area contributed by atoms with Crippen LogP contribution in [0, 0.1) is 0 Å². The highest BCUT2D eigenvalue weighted by molar-refractivity contribution is 6.06. The Balaban J connectivity index is 1.61. The van der Waals surface area contributed by atoms with E-state index in [1.165, 1.54) is 12.0 Å². The van der Waals surface area contributed by atoms with Crippen molar-refractivity contribution in [2.24, 2.45) is 11.5 Å². The number of carbonyl (C=O) groups excluding carboxylic acids is 3. The van der Waals surface area contributed by atoms with Crippen LogP contribution in [0.25, 0.3) is 33.3 Å². The third-order valence-corrected chi connectivity index (χ3v) is 6.50. The van der Waals surface area contributed by atoms with Gasteiger partial charge in [-0.25, -0.2) is 0 Å². The summed E-state index contributed by atoms with van der Waals surface area (Å²) in [6, 6.07) is 14.3. The third kappa shape index (κ3) is 4.04. The molecule has 1 aliphatic rings. The molecule has 0 spiro atoms. The molecule has 4 aromatic rings. The van der Waals surface area contributed by atoms with Crippen LogP contribution in [0.4, 0.5) is 5.69 Å². The van der Waals surface area contributed by atoms with Crippen LogP contribution in [0.1, 0.15) is 26.3 Å². The van der Waals surface area contributed by atoms with Gasteiger partial charge in [0, 0.05) is 34.3 Å². The average molecular weight is 497 g/mol. The van der Waals surface area contributed by atoms with Crippen molar-refractivity contribution in [1.82, 2.24) is 15.1 Å². The first-order chi connectivity index (χ1) is 17.7. The first-order valence-corrected chi connectivity index (χ1v) is 11.3. The molecule has 0 bridgehead atoms. The molecule has 37 heavy (non-hydrogen) atoms. The van der Waals surface area contributed by atoms with E-state index in [-0.39, 0.29) is 24.6 Å². The minimum atomic E-state index is -0.660. The van der Waals surface area contributed by atoms with Gasteiger partial charge in [-0.15, -0.1) is 0 Å². The Morgan fingerprint density at radius 3 is 2.59 bits per heavy atom.